The van der Waals surface area contributed by atoms with Gasteiger partial charge in [0.25, 0.3) is 0 Å². The van der Waals surface area contributed by atoms with Gasteiger partial charge in [0.15, 0.2) is 0 Å². The van der Waals surface area contributed by atoms with Crippen LogP contribution in [0.15, 0.2) is 17.0 Å². The zero-order chi connectivity index (χ0) is 15.5. The van der Waals surface area contributed by atoms with Crippen LogP contribution < -0.4 is 5.32 Å². The number of benzene rings is 1. The van der Waals surface area contributed by atoms with Gasteiger partial charge in [-0.15, -0.1) is 0 Å². The van der Waals surface area contributed by atoms with Gasteiger partial charge in [0.1, 0.15) is 5.82 Å². The van der Waals surface area contributed by atoms with Crippen LogP contribution in [0.1, 0.15) is 31.9 Å². The van der Waals surface area contributed by atoms with Crippen LogP contribution in [0.2, 0.25) is 0 Å². The average molecular weight is 302 g/mol. The Bertz CT molecular complexity index is 571. The van der Waals surface area contributed by atoms with Crippen LogP contribution in [0.5, 0.6) is 0 Å². The quantitative estimate of drug-likeness (QED) is 0.877. The lowest BCUT2D eigenvalue weighted by molar-refractivity contribution is 0.409. The minimum Gasteiger partial charge on any atom is -0.313 e. The van der Waals surface area contributed by atoms with E-state index in [0.717, 1.165) is 6.54 Å². The lowest BCUT2D eigenvalue weighted by atomic mass is 10.1. The smallest absolute Gasteiger partial charge is 0.243 e. The number of nitrogens with one attached hydrogen (secondary N) is 1. The molecule has 4 nitrogen and oxygen atoms in total. The summed E-state index contributed by atoms with van der Waals surface area (Å²) in [5, 5.41) is 3.07. The maximum Gasteiger partial charge on any atom is 0.243 e. The third kappa shape index (κ3) is 3.56. The van der Waals surface area contributed by atoms with Crippen molar-refractivity contribution in [3.8, 4) is 0 Å². The van der Waals surface area contributed by atoms with Crippen molar-refractivity contribution in [2.24, 2.45) is 0 Å². The Hall–Kier alpha value is -0.980. The van der Waals surface area contributed by atoms with E-state index in [2.05, 4.69) is 5.32 Å². The summed E-state index contributed by atoms with van der Waals surface area (Å²) in [5.74, 6) is -0.490. The predicted octanol–water partition coefficient (Wildman–Crippen LogP) is 2.27. The van der Waals surface area contributed by atoms with E-state index in [1.165, 1.54) is 24.3 Å². The zero-order valence-corrected chi connectivity index (χ0v) is 13.5. The molecule has 1 aromatic rings. The van der Waals surface area contributed by atoms with Crippen molar-refractivity contribution in [1.29, 1.82) is 0 Å². The minimum atomic E-state index is -3.67. The Kier molecular flexibility index (Phi) is 5.68. The summed E-state index contributed by atoms with van der Waals surface area (Å²) in [6, 6.07) is 2.75. The average Bonchev–Trinajstić information content (AvgIpc) is 2.38. The van der Waals surface area contributed by atoms with Crippen LogP contribution in [0, 0.1) is 12.7 Å². The summed E-state index contributed by atoms with van der Waals surface area (Å²) in [7, 11) is -2.17. The van der Waals surface area contributed by atoms with E-state index < -0.39 is 15.8 Å². The summed E-state index contributed by atoms with van der Waals surface area (Å²) in [4.78, 5) is 0.0432. The van der Waals surface area contributed by atoms with Crippen molar-refractivity contribution >= 4 is 10.0 Å². The molecular weight excluding hydrogens is 279 g/mol. The maximum atomic E-state index is 14.0. The molecule has 0 aromatic heterocycles. The summed E-state index contributed by atoms with van der Waals surface area (Å²) in [6.45, 7) is 8.19. The van der Waals surface area contributed by atoms with Crippen molar-refractivity contribution in [1.82, 2.24) is 9.62 Å². The molecule has 1 N–H and O–H groups in total. The highest BCUT2D eigenvalue weighted by Gasteiger charge is 2.26. The van der Waals surface area contributed by atoms with Crippen molar-refractivity contribution in [2.75, 3.05) is 13.6 Å². The van der Waals surface area contributed by atoms with Crippen molar-refractivity contribution < 1.29 is 12.8 Å². The van der Waals surface area contributed by atoms with Gasteiger partial charge in [0.05, 0.1) is 4.90 Å². The van der Waals surface area contributed by atoms with Crippen LogP contribution in [0.3, 0.4) is 0 Å². The van der Waals surface area contributed by atoms with Gasteiger partial charge in [-0.2, -0.15) is 4.31 Å². The molecule has 0 aliphatic rings. The first kappa shape index (κ1) is 17.1. The summed E-state index contributed by atoms with van der Waals surface area (Å²) < 4.78 is 40.2. The highest BCUT2D eigenvalue weighted by Crippen LogP contribution is 2.24. The summed E-state index contributed by atoms with van der Waals surface area (Å²) in [6.07, 6.45) is 0. The van der Waals surface area contributed by atoms with Gasteiger partial charge < -0.3 is 5.32 Å². The monoisotopic (exact) mass is 302 g/mol. The number of rotatable bonds is 6. The van der Waals surface area contributed by atoms with Gasteiger partial charge in [0, 0.05) is 25.2 Å². The van der Waals surface area contributed by atoms with E-state index in [1.54, 1.807) is 19.9 Å². The molecule has 0 atom stereocenters. The molecule has 0 saturated heterocycles. The van der Waals surface area contributed by atoms with Crippen LogP contribution in [0.25, 0.3) is 0 Å². The van der Waals surface area contributed by atoms with Gasteiger partial charge in [-0.25, -0.2) is 12.8 Å². The zero-order valence-electron chi connectivity index (χ0n) is 12.7. The van der Waals surface area contributed by atoms with Crippen LogP contribution in [-0.4, -0.2) is 32.4 Å². The molecule has 0 unspecified atom stereocenters. The van der Waals surface area contributed by atoms with E-state index in [4.69, 9.17) is 0 Å². The molecule has 114 valence electrons. The molecule has 20 heavy (non-hydrogen) atoms. The SMILES string of the molecule is CCNCc1cc(F)c(C)c(S(=O)(=O)N(C)C(C)C)c1. The fraction of sp³-hybridized carbons (Fsp3) is 0.571. The summed E-state index contributed by atoms with van der Waals surface area (Å²) >= 11 is 0. The fourth-order valence-electron chi connectivity index (χ4n) is 1.78. The number of nitrogens with zero attached hydrogens (tertiary/aromatic N) is 1. The van der Waals surface area contributed by atoms with E-state index in [0.29, 0.717) is 12.1 Å². The number of sulfonamides is 1. The molecule has 1 rings (SSSR count). The van der Waals surface area contributed by atoms with Crippen LogP contribution >= 0.6 is 0 Å². The van der Waals surface area contributed by atoms with Gasteiger partial charge in [0.2, 0.25) is 10.0 Å². The first-order chi connectivity index (χ1) is 9.21. The second-order valence-electron chi connectivity index (χ2n) is 5.10. The first-order valence-corrected chi connectivity index (χ1v) is 8.13. The van der Waals surface area contributed by atoms with E-state index >= 15 is 0 Å². The Morgan fingerprint density at radius 2 is 1.95 bits per heavy atom. The molecule has 0 radical (unpaired) electrons. The third-order valence-electron chi connectivity index (χ3n) is 3.32. The van der Waals surface area contributed by atoms with Crippen LogP contribution in [-0.2, 0) is 16.6 Å². The molecule has 0 fully saturated rings. The normalized spacial score (nSPS) is 12.4. The van der Waals surface area contributed by atoms with E-state index in [9.17, 15) is 12.8 Å². The Labute approximate surface area is 121 Å². The standard InChI is InChI=1S/C14H23FN2O2S/c1-6-16-9-12-7-13(15)11(4)14(8-12)20(18,19)17(5)10(2)3/h7-8,10,16H,6,9H2,1-5H3. The molecule has 0 heterocycles. The van der Waals surface area contributed by atoms with E-state index in [-0.39, 0.29) is 16.5 Å². The molecule has 0 amide bonds. The predicted molar refractivity (Wildman–Crippen MR) is 78.6 cm³/mol. The highest BCUT2D eigenvalue weighted by molar-refractivity contribution is 7.89. The lowest BCUT2D eigenvalue weighted by Crippen LogP contribution is -2.33. The largest absolute Gasteiger partial charge is 0.313 e. The highest BCUT2D eigenvalue weighted by atomic mass is 32.2. The van der Waals surface area contributed by atoms with Crippen molar-refractivity contribution in [3.05, 3.63) is 29.1 Å². The Balaban J connectivity index is 3.33. The first-order valence-electron chi connectivity index (χ1n) is 6.69. The number of hydrogen-bond donors (Lipinski definition) is 1. The topological polar surface area (TPSA) is 49.4 Å². The molecular formula is C14H23FN2O2S. The number of hydrogen-bond acceptors (Lipinski definition) is 3. The van der Waals surface area contributed by atoms with E-state index in [1.807, 2.05) is 6.92 Å². The second kappa shape index (κ2) is 6.65. The van der Waals surface area contributed by atoms with Crippen LogP contribution in [0.4, 0.5) is 4.39 Å². The minimum absolute atomic E-state index is 0.0432. The lowest BCUT2D eigenvalue weighted by Gasteiger charge is -2.22. The maximum absolute atomic E-state index is 14.0. The summed E-state index contributed by atoms with van der Waals surface area (Å²) in [5.41, 5.74) is 0.795. The second-order valence-corrected chi connectivity index (χ2v) is 7.06. The Morgan fingerprint density at radius 3 is 2.45 bits per heavy atom. The molecule has 0 saturated carbocycles. The third-order valence-corrected chi connectivity index (χ3v) is 5.48. The van der Waals surface area contributed by atoms with Gasteiger partial charge >= 0.3 is 0 Å². The van der Waals surface area contributed by atoms with Gasteiger partial charge in [-0.1, -0.05) is 6.92 Å². The molecule has 0 aliphatic carbocycles. The van der Waals surface area contributed by atoms with Crippen molar-refractivity contribution in [2.45, 2.75) is 45.2 Å². The molecule has 0 aliphatic heterocycles. The number of halogens is 1. The molecule has 0 spiro atoms. The van der Waals surface area contributed by atoms with Gasteiger partial charge in [-0.05, 0) is 45.0 Å². The molecule has 1 aromatic carbocycles. The molecule has 6 heteroatoms. The molecule has 0 bridgehead atoms. The Morgan fingerprint density at radius 1 is 1.35 bits per heavy atom. The fourth-order valence-corrected chi connectivity index (χ4v) is 3.43. The van der Waals surface area contributed by atoms with Gasteiger partial charge in [-0.3, -0.25) is 0 Å². The van der Waals surface area contributed by atoms with Crippen molar-refractivity contribution in [3.63, 3.8) is 0 Å².